The van der Waals surface area contributed by atoms with Crippen molar-refractivity contribution >= 4 is 17.7 Å². The van der Waals surface area contributed by atoms with Crippen molar-refractivity contribution < 1.29 is 9.53 Å². The zero-order chi connectivity index (χ0) is 33.7. The number of rotatable bonds is 13. The Morgan fingerprint density at radius 2 is 1.70 bits per heavy atom. The van der Waals surface area contributed by atoms with Crippen LogP contribution in [0, 0.1) is 17.7 Å². The van der Waals surface area contributed by atoms with Gasteiger partial charge in [0.2, 0.25) is 0 Å². The normalized spacial score (nSPS) is 17.6. The van der Waals surface area contributed by atoms with Crippen molar-refractivity contribution in [3.63, 3.8) is 0 Å². The summed E-state index contributed by atoms with van der Waals surface area (Å²) in [6.45, 7) is 18.9. The smallest absolute Gasteiger partial charge is 0.316 e. The highest BCUT2D eigenvalue weighted by Gasteiger charge is 2.23. The molecule has 3 atom stereocenters. The molecule has 2 amide bonds. The molecule has 0 radical (unpaired) electrons. The summed E-state index contributed by atoms with van der Waals surface area (Å²) in [4.78, 5) is 19.7. The first-order chi connectivity index (χ1) is 21.9. The van der Waals surface area contributed by atoms with Crippen LogP contribution in [0.3, 0.4) is 0 Å². The summed E-state index contributed by atoms with van der Waals surface area (Å²) < 4.78 is 6.40. The molecular weight excluding hydrogens is 574 g/mol. The fourth-order valence-corrected chi connectivity index (χ4v) is 5.11. The Kier molecular flexibility index (Phi) is 13.9. The number of allylic oxidation sites excluding steroid dienone is 3. The van der Waals surface area contributed by atoms with Crippen LogP contribution in [-0.4, -0.2) is 61.2 Å². The third-order valence-corrected chi connectivity index (χ3v) is 7.87. The van der Waals surface area contributed by atoms with Crippen LogP contribution in [0.1, 0.15) is 78.5 Å². The van der Waals surface area contributed by atoms with Gasteiger partial charge in [-0.15, -0.1) is 0 Å². The summed E-state index contributed by atoms with van der Waals surface area (Å²) in [7, 11) is 0. The minimum absolute atomic E-state index is 0.0789. The molecule has 9 heteroatoms. The highest BCUT2D eigenvalue weighted by molar-refractivity contribution is 5.91. The van der Waals surface area contributed by atoms with Gasteiger partial charge in [-0.3, -0.25) is 15.7 Å². The van der Waals surface area contributed by atoms with Crippen molar-refractivity contribution in [2.45, 2.75) is 86.4 Å². The van der Waals surface area contributed by atoms with Crippen molar-refractivity contribution in [2.24, 2.45) is 10.4 Å². The van der Waals surface area contributed by atoms with Gasteiger partial charge < -0.3 is 25.6 Å². The molecule has 0 spiro atoms. The Morgan fingerprint density at radius 3 is 2.37 bits per heavy atom. The molecule has 0 aromatic heterocycles. The second-order valence-electron chi connectivity index (χ2n) is 13.0. The predicted octanol–water partition coefficient (Wildman–Crippen LogP) is 6.64. The van der Waals surface area contributed by atoms with Gasteiger partial charge in [-0.25, -0.2) is 4.79 Å². The molecule has 1 aromatic rings. The summed E-state index contributed by atoms with van der Waals surface area (Å²) in [6.07, 6.45) is 15.6. The van der Waals surface area contributed by atoms with Crippen molar-refractivity contribution in [2.75, 3.05) is 26.4 Å². The first-order valence-corrected chi connectivity index (χ1v) is 16.5. The van der Waals surface area contributed by atoms with Gasteiger partial charge in [0.25, 0.3) is 0 Å². The van der Waals surface area contributed by atoms with E-state index in [1.54, 1.807) is 6.08 Å². The number of amides is 2. The second kappa shape index (κ2) is 17.5. The zero-order valence-corrected chi connectivity index (χ0v) is 29.0. The average molecular weight is 630 g/mol. The molecule has 0 bridgehead atoms. The Bertz CT molecular complexity index is 1360. The minimum atomic E-state index is -0.289. The van der Waals surface area contributed by atoms with E-state index in [2.05, 4.69) is 111 Å². The van der Waals surface area contributed by atoms with Crippen LogP contribution in [0.25, 0.3) is 0 Å². The van der Waals surface area contributed by atoms with E-state index >= 15 is 0 Å². The summed E-state index contributed by atoms with van der Waals surface area (Å²) in [5.74, 6) is 2.00. The van der Waals surface area contributed by atoms with E-state index in [0.717, 1.165) is 42.1 Å². The molecule has 1 heterocycles. The number of hydrogen-bond donors (Lipinski definition) is 5. The molecular formula is C37H55N7O2. The summed E-state index contributed by atoms with van der Waals surface area (Å²) in [5.41, 5.74) is 4.18. The third kappa shape index (κ3) is 11.4. The van der Waals surface area contributed by atoms with Gasteiger partial charge in [0.05, 0.1) is 12.7 Å². The van der Waals surface area contributed by atoms with Gasteiger partial charge in [0.15, 0.2) is 0 Å². The molecule has 1 aromatic carbocycles. The minimum Gasteiger partial charge on any atom is -0.486 e. The number of amidine groups is 2. The van der Waals surface area contributed by atoms with E-state index in [0.29, 0.717) is 19.0 Å². The van der Waals surface area contributed by atoms with E-state index in [4.69, 9.17) is 15.1 Å². The number of carbonyl (C=O) groups excluding carboxylic acids is 1. The molecule has 3 rings (SSSR count). The number of urea groups is 1. The number of hydrogen-bond acceptors (Lipinski definition) is 5. The Morgan fingerprint density at radius 1 is 1.00 bits per heavy atom. The maximum absolute atomic E-state index is 13.0. The second-order valence-corrected chi connectivity index (χ2v) is 13.0. The highest BCUT2D eigenvalue weighted by Crippen LogP contribution is 2.24. The van der Waals surface area contributed by atoms with Crippen molar-refractivity contribution in [1.82, 2.24) is 26.2 Å². The van der Waals surface area contributed by atoms with Crippen LogP contribution < -0.4 is 21.3 Å². The lowest BCUT2D eigenvalue weighted by atomic mass is 9.93. The summed E-state index contributed by atoms with van der Waals surface area (Å²) in [5, 5.41) is 21.3. The molecule has 0 saturated carbocycles. The van der Waals surface area contributed by atoms with Crippen LogP contribution in [0.2, 0.25) is 0 Å². The van der Waals surface area contributed by atoms with Gasteiger partial charge in [0.1, 0.15) is 30.2 Å². The monoisotopic (exact) mass is 629 g/mol. The number of ether oxygens (including phenoxy) is 1. The lowest BCUT2D eigenvalue weighted by Gasteiger charge is -2.27. The van der Waals surface area contributed by atoms with Gasteiger partial charge in [-0.1, -0.05) is 81.8 Å². The molecule has 9 nitrogen and oxygen atoms in total. The molecule has 2 aliphatic rings. The molecule has 0 saturated heterocycles. The van der Waals surface area contributed by atoms with Crippen LogP contribution in [0.5, 0.6) is 0 Å². The number of aliphatic imine (C=N–C) groups is 1. The van der Waals surface area contributed by atoms with Gasteiger partial charge in [-0.2, -0.15) is 0 Å². The van der Waals surface area contributed by atoms with Gasteiger partial charge >= 0.3 is 6.03 Å². The third-order valence-electron chi connectivity index (χ3n) is 7.87. The zero-order valence-electron chi connectivity index (χ0n) is 29.0. The Balaban J connectivity index is 1.64. The lowest BCUT2D eigenvalue weighted by Crippen LogP contribution is -2.43. The van der Waals surface area contributed by atoms with Crippen LogP contribution in [0.4, 0.5) is 4.79 Å². The first kappa shape index (κ1) is 36.4. The predicted molar refractivity (Wildman–Crippen MR) is 191 cm³/mol. The number of nitrogens with one attached hydrogen (secondary N) is 5. The van der Waals surface area contributed by atoms with Crippen LogP contribution >= 0.6 is 0 Å². The number of carbonyl (C=O) groups is 1. The van der Waals surface area contributed by atoms with E-state index in [-0.39, 0.29) is 36.3 Å². The average Bonchev–Trinajstić information content (AvgIpc) is 3.35. The molecule has 250 valence electrons. The van der Waals surface area contributed by atoms with E-state index in [9.17, 15) is 4.79 Å². The summed E-state index contributed by atoms with van der Waals surface area (Å²) >= 11 is 0. The fraction of sp³-hybridized carbons (Fsp3) is 0.486. The largest absolute Gasteiger partial charge is 0.486 e. The maximum atomic E-state index is 13.0. The molecule has 5 N–H and O–H groups in total. The molecule has 1 aliphatic heterocycles. The van der Waals surface area contributed by atoms with Crippen molar-refractivity contribution in [1.29, 1.82) is 5.41 Å². The number of nitrogens with zero attached hydrogens (tertiary/aromatic N) is 2. The van der Waals surface area contributed by atoms with Crippen LogP contribution in [-0.2, 0) is 4.74 Å². The molecule has 3 unspecified atom stereocenters. The number of benzene rings is 1. The quantitative estimate of drug-likeness (QED) is 0.0954. The molecule has 46 heavy (non-hydrogen) atoms. The maximum Gasteiger partial charge on any atom is 0.316 e. The van der Waals surface area contributed by atoms with Gasteiger partial charge in [0, 0.05) is 18.0 Å². The Labute approximate surface area is 276 Å². The first-order valence-electron chi connectivity index (χ1n) is 16.5. The van der Waals surface area contributed by atoms with Crippen molar-refractivity contribution in [3.8, 4) is 0 Å². The van der Waals surface area contributed by atoms with E-state index < -0.39 is 0 Å². The molecule has 1 aliphatic carbocycles. The van der Waals surface area contributed by atoms with Gasteiger partial charge in [-0.05, 0) is 82.0 Å². The Hall–Kier alpha value is -4.11. The highest BCUT2D eigenvalue weighted by atomic mass is 16.5. The van der Waals surface area contributed by atoms with Crippen LogP contribution in [0.15, 0.2) is 88.7 Å². The van der Waals surface area contributed by atoms with E-state index in [1.165, 1.54) is 11.1 Å². The SMILES string of the molecule is CCCNCN1CC=C(OC(C)C2=C(C(C)NC(=O)NCN=C(NC(C)c3ccc(C)cc3)C(C)(C)C)C=CCC=C2)C=CC1=N. The summed E-state index contributed by atoms with van der Waals surface area (Å²) in [6, 6.07) is 8.00. The number of aryl methyl sites for hydroxylation is 1. The standard InChI is InChI=1S/C37H55N7O2/c1-9-22-39-25-44-23-21-31(19-20-34(44)38)46-29(5)33-14-12-10-11-13-32(33)28(4)43-36(45)41-24-40-35(37(6,7)8)42-27(3)30-17-15-26(2)16-18-30/h11-21,27-29,38-39H,9-10,22-25H2,1-8H3,(H,40,42)(H2,41,43,45). The van der Waals surface area contributed by atoms with Crippen molar-refractivity contribution in [3.05, 3.63) is 94.8 Å². The topological polar surface area (TPSA) is 114 Å². The molecule has 0 fully saturated rings. The van der Waals surface area contributed by atoms with E-state index in [1.807, 2.05) is 30.9 Å². The fourth-order valence-electron chi connectivity index (χ4n) is 5.11. The lowest BCUT2D eigenvalue weighted by molar-refractivity contribution is 0.171.